The van der Waals surface area contributed by atoms with E-state index < -0.39 is 0 Å². The third-order valence-corrected chi connectivity index (χ3v) is 4.04. The van der Waals surface area contributed by atoms with E-state index in [-0.39, 0.29) is 5.97 Å². The average Bonchev–Trinajstić information content (AvgIpc) is 2.53. The molecule has 0 spiro atoms. The number of ether oxygens (including phenoxy) is 1. The third-order valence-electron chi connectivity index (χ3n) is 4.04. The minimum Gasteiger partial charge on any atom is -0.465 e. The van der Waals surface area contributed by atoms with Crippen molar-refractivity contribution in [3.8, 4) is 0 Å². The highest BCUT2D eigenvalue weighted by Crippen LogP contribution is 2.13. The van der Waals surface area contributed by atoms with Crippen molar-refractivity contribution in [3.63, 3.8) is 0 Å². The molecular weight excluding hydrogens is 252 g/mol. The van der Waals surface area contributed by atoms with Crippen LogP contribution in [0, 0.1) is 0 Å². The van der Waals surface area contributed by atoms with Gasteiger partial charge in [0, 0.05) is 12.6 Å². The van der Waals surface area contributed by atoms with E-state index in [2.05, 4.69) is 17.1 Å². The Hall–Kier alpha value is -1.39. The normalized spacial score (nSPS) is 17.1. The zero-order valence-electron chi connectivity index (χ0n) is 12.4. The van der Waals surface area contributed by atoms with Crippen molar-refractivity contribution in [1.82, 2.24) is 10.2 Å². The number of methoxy groups -OCH3 is 1. The summed E-state index contributed by atoms with van der Waals surface area (Å²) in [5, 5.41) is 3.57. The largest absolute Gasteiger partial charge is 0.465 e. The molecule has 0 radical (unpaired) electrons. The number of nitrogens with one attached hydrogen (secondary N) is 1. The number of benzene rings is 1. The molecule has 4 heteroatoms. The summed E-state index contributed by atoms with van der Waals surface area (Å²) < 4.78 is 4.82. The maximum Gasteiger partial charge on any atom is 0.338 e. The number of hydrogen-bond donors (Lipinski definition) is 1. The van der Waals surface area contributed by atoms with Crippen LogP contribution in [0.4, 0.5) is 0 Å². The predicted molar refractivity (Wildman–Crippen MR) is 79.8 cm³/mol. The van der Waals surface area contributed by atoms with Crippen LogP contribution >= 0.6 is 0 Å². The van der Waals surface area contributed by atoms with Crippen molar-refractivity contribution < 1.29 is 9.53 Å². The van der Waals surface area contributed by atoms with Gasteiger partial charge in [-0.25, -0.2) is 4.79 Å². The van der Waals surface area contributed by atoms with Gasteiger partial charge in [-0.05, 0) is 44.1 Å². The van der Waals surface area contributed by atoms with Crippen LogP contribution in [0.15, 0.2) is 24.3 Å². The van der Waals surface area contributed by atoms with E-state index >= 15 is 0 Å². The first-order valence-corrected chi connectivity index (χ1v) is 7.36. The van der Waals surface area contributed by atoms with Crippen LogP contribution in [-0.4, -0.2) is 43.7 Å². The first kappa shape index (κ1) is 15.0. The molecule has 1 aromatic carbocycles. The molecule has 1 aromatic rings. The van der Waals surface area contributed by atoms with E-state index in [1.807, 2.05) is 24.3 Å². The summed E-state index contributed by atoms with van der Waals surface area (Å²) in [6.07, 6.45) is 2.35. The quantitative estimate of drug-likeness (QED) is 0.836. The Morgan fingerprint density at radius 1 is 1.35 bits per heavy atom. The SMILES string of the molecule is CCN1CCC(NCc2ccccc2C(=O)OC)CC1. The van der Waals surface area contributed by atoms with Gasteiger partial charge in [0.15, 0.2) is 0 Å². The van der Waals surface area contributed by atoms with E-state index in [1.54, 1.807) is 0 Å². The molecule has 20 heavy (non-hydrogen) atoms. The van der Waals surface area contributed by atoms with Crippen molar-refractivity contribution in [2.24, 2.45) is 0 Å². The molecule has 110 valence electrons. The number of carbonyl (C=O) groups is 1. The molecule has 2 rings (SSSR count). The standard InChI is InChI=1S/C16H24N2O2/c1-3-18-10-8-14(9-11-18)17-12-13-6-4-5-7-15(13)16(19)20-2/h4-7,14,17H,3,8-12H2,1-2H3. The molecule has 1 heterocycles. The maximum atomic E-state index is 11.7. The minimum absolute atomic E-state index is 0.261. The number of likely N-dealkylation sites (tertiary alicyclic amines) is 1. The Morgan fingerprint density at radius 3 is 2.70 bits per heavy atom. The molecule has 0 aliphatic carbocycles. The van der Waals surface area contributed by atoms with Gasteiger partial charge in [0.2, 0.25) is 0 Å². The minimum atomic E-state index is -0.261. The lowest BCUT2D eigenvalue weighted by atomic mass is 10.0. The molecule has 4 nitrogen and oxygen atoms in total. The summed E-state index contributed by atoms with van der Waals surface area (Å²) in [6, 6.07) is 8.19. The van der Waals surface area contributed by atoms with Crippen molar-refractivity contribution >= 4 is 5.97 Å². The van der Waals surface area contributed by atoms with Crippen LogP contribution in [0.5, 0.6) is 0 Å². The molecule has 1 N–H and O–H groups in total. The fourth-order valence-corrected chi connectivity index (χ4v) is 2.69. The van der Waals surface area contributed by atoms with Gasteiger partial charge in [-0.15, -0.1) is 0 Å². The van der Waals surface area contributed by atoms with E-state index in [0.717, 1.165) is 31.7 Å². The number of rotatable bonds is 5. The number of nitrogens with zero attached hydrogens (tertiary/aromatic N) is 1. The highest BCUT2D eigenvalue weighted by atomic mass is 16.5. The van der Waals surface area contributed by atoms with Crippen LogP contribution in [0.1, 0.15) is 35.7 Å². The van der Waals surface area contributed by atoms with Gasteiger partial charge in [0.25, 0.3) is 0 Å². The van der Waals surface area contributed by atoms with Crippen molar-refractivity contribution in [1.29, 1.82) is 0 Å². The van der Waals surface area contributed by atoms with Gasteiger partial charge in [0.1, 0.15) is 0 Å². The zero-order valence-corrected chi connectivity index (χ0v) is 12.4. The summed E-state index contributed by atoms with van der Waals surface area (Å²) in [5.74, 6) is -0.261. The number of piperidine rings is 1. The van der Waals surface area contributed by atoms with Crippen molar-refractivity contribution in [3.05, 3.63) is 35.4 Å². The van der Waals surface area contributed by atoms with E-state index in [0.29, 0.717) is 11.6 Å². The molecule has 0 atom stereocenters. The van der Waals surface area contributed by atoms with Crippen LogP contribution in [0.2, 0.25) is 0 Å². The summed E-state index contributed by atoms with van der Waals surface area (Å²) in [5.41, 5.74) is 1.67. The monoisotopic (exact) mass is 276 g/mol. The lowest BCUT2D eigenvalue weighted by Gasteiger charge is -2.31. The molecule has 0 aromatic heterocycles. The van der Waals surface area contributed by atoms with E-state index in [1.165, 1.54) is 20.0 Å². The summed E-state index contributed by atoms with van der Waals surface area (Å²) >= 11 is 0. The molecule has 0 unspecified atom stereocenters. The molecular formula is C16H24N2O2. The van der Waals surface area contributed by atoms with E-state index in [9.17, 15) is 4.79 Å². The summed E-state index contributed by atoms with van der Waals surface area (Å²) in [7, 11) is 1.42. The topological polar surface area (TPSA) is 41.6 Å². The molecule has 0 saturated carbocycles. The Labute approximate surface area is 121 Å². The Kier molecular flexibility index (Phi) is 5.56. The van der Waals surface area contributed by atoms with Gasteiger partial charge in [-0.1, -0.05) is 25.1 Å². The smallest absolute Gasteiger partial charge is 0.338 e. The predicted octanol–water partition coefficient (Wildman–Crippen LogP) is 2.05. The second-order valence-corrected chi connectivity index (χ2v) is 5.24. The maximum absolute atomic E-state index is 11.7. The summed E-state index contributed by atoms with van der Waals surface area (Å²) in [6.45, 7) is 6.39. The first-order chi connectivity index (χ1) is 9.74. The van der Waals surface area contributed by atoms with Crippen molar-refractivity contribution in [2.75, 3.05) is 26.7 Å². The lowest BCUT2D eigenvalue weighted by molar-refractivity contribution is 0.0599. The highest BCUT2D eigenvalue weighted by Gasteiger charge is 2.18. The van der Waals surface area contributed by atoms with Gasteiger partial charge in [-0.2, -0.15) is 0 Å². The fraction of sp³-hybridized carbons (Fsp3) is 0.562. The van der Waals surface area contributed by atoms with Gasteiger partial charge in [-0.3, -0.25) is 0 Å². The third kappa shape index (κ3) is 3.81. The molecule has 1 aliphatic heterocycles. The van der Waals surface area contributed by atoms with Crippen LogP contribution < -0.4 is 5.32 Å². The van der Waals surface area contributed by atoms with Crippen LogP contribution in [-0.2, 0) is 11.3 Å². The Balaban J connectivity index is 1.90. The second kappa shape index (κ2) is 7.41. The second-order valence-electron chi connectivity index (χ2n) is 5.24. The van der Waals surface area contributed by atoms with Crippen LogP contribution in [0.3, 0.4) is 0 Å². The molecule has 0 bridgehead atoms. The van der Waals surface area contributed by atoms with Crippen LogP contribution in [0.25, 0.3) is 0 Å². The zero-order chi connectivity index (χ0) is 14.4. The van der Waals surface area contributed by atoms with Crippen molar-refractivity contribution in [2.45, 2.75) is 32.4 Å². The molecule has 1 fully saturated rings. The Morgan fingerprint density at radius 2 is 2.05 bits per heavy atom. The highest BCUT2D eigenvalue weighted by molar-refractivity contribution is 5.90. The lowest BCUT2D eigenvalue weighted by Crippen LogP contribution is -2.42. The van der Waals surface area contributed by atoms with Gasteiger partial charge in [0.05, 0.1) is 12.7 Å². The van der Waals surface area contributed by atoms with Gasteiger partial charge >= 0.3 is 5.97 Å². The molecule has 1 aliphatic rings. The Bertz CT molecular complexity index is 440. The first-order valence-electron chi connectivity index (χ1n) is 7.36. The number of hydrogen-bond acceptors (Lipinski definition) is 4. The number of carbonyl (C=O) groups excluding carboxylic acids is 1. The average molecular weight is 276 g/mol. The summed E-state index contributed by atoms with van der Waals surface area (Å²) in [4.78, 5) is 14.2. The van der Waals surface area contributed by atoms with Gasteiger partial charge < -0.3 is 15.0 Å². The number of esters is 1. The van der Waals surface area contributed by atoms with E-state index in [4.69, 9.17) is 4.74 Å². The molecule has 0 amide bonds. The molecule has 1 saturated heterocycles. The fourth-order valence-electron chi connectivity index (χ4n) is 2.69.